The molecule has 1 aromatic heterocycles. The van der Waals surface area contributed by atoms with Crippen molar-refractivity contribution in [2.24, 2.45) is 0 Å². The summed E-state index contributed by atoms with van der Waals surface area (Å²) < 4.78 is 36.2. The third-order valence-corrected chi connectivity index (χ3v) is 11.8. The molecule has 1 unspecified atom stereocenters. The molecule has 3 aliphatic rings. The van der Waals surface area contributed by atoms with Crippen molar-refractivity contribution in [1.29, 1.82) is 0 Å². The van der Waals surface area contributed by atoms with Gasteiger partial charge in [0.15, 0.2) is 5.54 Å². The van der Waals surface area contributed by atoms with Gasteiger partial charge in [-0.1, -0.05) is 13.3 Å². The maximum absolute atomic E-state index is 13.3. The molecule has 0 aliphatic carbocycles. The van der Waals surface area contributed by atoms with Crippen LogP contribution in [-0.4, -0.2) is 32.0 Å². The molecule has 0 amide bonds. The predicted octanol–water partition coefficient (Wildman–Crippen LogP) is 3.28. The quantitative estimate of drug-likeness (QED) is 0.240. The van der Waals surface area contributed by atoms with Crippen LogP contribution in [0.15, 0.2) is 46.7 Å². The molecule has 3 aliphatic heterocycles. The fourth-order valence-electron chi connectivity index (χ4n) is 6.95. The molecule has 45 heavy (non-hydrogen) atoms. The number of benzene rings is 2. The second-order valence-electron chi connectivity index (χ2n) is 13.8. The normalized spacial score (nSPS) is 19.1. The Bertz CT molecular complexity index is 1970. The van der Waals surface area contributed by atoms with E-state index in [1.54, 1.807) is 6.07 Å². The van der Waals surface area contributed by atoms with E-state index in [0.29, 0.717) is 25.2 Å². The number of sulfonamides is 1. The summed E-state index contributed by atoms with van der Waals surface area (Å²) in [7, 11) is -3.74. The Morgan fingerprint density at radius 1 is 1.09 bits per heavy atom. The highest BCUT2D eigenvalue weighted by Crippen LogP contribution is 2.46. The van der Waals surface area contributed by atoms with E-state index in [4.69, 9.17) is 4.74 Å². The molecule has 0 fully saturated rings. The SMILES string of the molecule is CC1=CC(C)(C)[NH+]=c2cc3c(cc21)=C(c1ccc(S(=O)(=O)NCCCCCC(=O)[O-])s1)c1cc2c(cc1O3)NC(C)(C)CC2C. The van der Waals surface area contributed by atoms with Crippen molar-refractivity contribution in [3.05, 3.63) is 74.6 Å². The van der Waals surface area contributed by atoms with E-state index in [-0.39, 0.29) is 28.3 Å². The topological polar surface area (TPSA) is 122 Å². The van der Waals surface area contributed by atoms with Crippen LogP contribution in [0.3, 0.4) is 0 Å². The molecule has 238 valence electrons. The van der Waals surface area contributed by atoms with Crippen molar-refractivity contribution in [3.63, 3.8) is 0 Å². The predicted molar refractivity (Wildman–Crippen MR) is 175 cm³/mol. The molecule has 3 N–H and O–H groups in total. The van der Waals surface area contributed by atoms with Gasteiger partial charge >= 0.3 is 0 Å². The van der Waals surface area contributed by atoms with Crippen LogP contribution in [0.5, 0.6) is 11.5 Å². The zero-order valence-electron chi connectivity index (χ0n) is 26.7. The third kappa shape index (κ3) is 6.33. The minimum Gasteiger partial charge on any atom is -0.550 e. The van der Waals surface area contributed by atoms with E-state index in [9.17, 15) is 18.3 Å². The molecule has 0 bridgehead atoms. The number of carboxylic acids is 1. The lowest BCUT2D eigenvalue weighted by molar-refractivity contribution is -0.568. The number of hydrogen-bond donors (Lipinski definition) is 3. The first-order valence-corrected chi connectivity index (χ1v) is 17.9. The standard InChI is InChI=1S/C35H41N3O5S2/c1-20-18-34(3,4)37-26-16-28-24(14-22(20)26)33(25-15-23-21(2)19-35(5,6)38-27(23)17-29(25)43-28)30-11-12-32(44-30)45(41,42)36-13-9-7-8-10-31(39)40/h11-12,14-18,21,36,38H,7-10,13,19H2,1-6H3,(H,39,40). The number of fused-ring (bicyclic) bond motifs is 4. The molecule has 0 radical (unpaired) electrons. The lowest BCUT2D eigenvalue weighted by atomic mass is 9.80. The van der Waals surface area contributed by atoms with Crippen molar-refractivity contribution >= 4 is 44.2 Å². The van der Waals surface area contributed by atoms with Crippen LogP contribution in [0.1, 0.15) is 101 Å². The van der Waals surface area contributed by atoms with Crippen LogP contribution in [-0.2, 0) is 14.8 Å². The largest absolute Gasteiger partial charge is 0.550 e. The molecule has 0 saturated carbocycles. The van der Waals surface area contributed by atoms with E-state index < -0.39 is 16.0 Å². The molecule has 1 atom stereocenters. The van der Waals surface area contributed by atoms with Gasteiger partial charge in [0.2, 0.25) is 15.4 Å². The Labute approximate surface area is 269 Å². The first-order valence-electron chi connectivity index (χ1n) is 15.6. The minimum absolute atomic E-state index is 0.0194. The van der Waals surface area contributed by atoms with Crippen LogP contribution in [0, 0.1) is 0 Å². The highest BCUT2D eigenvalue weighted by molar-refractivity contribution is 7.91. The van der Waals surface area contributed by atoms with Crippen LogP contribution < -0.4 is 35.5 Å². The summed E-state index contributed by atoms with van der Waals surface area (Å²) in [6.07, 6.45) is 4.82. The second kappa shape index (κ2) is 11.4. The van der Waals surface area contributed by atoms with Crippen molar-refractivity contribution < 1.29 is 28.0 Å². The van der Waals surface area contributed by atoms with Crippen molar-refractivity contribution in [2.75, 3.05) is 11.9 Å². The van der Waals surface area contributed by atoms with Gasteiger partial charge in [-0.25, -0.2) is 18.1 Å². The molecule has 3 aromatic rings. The summed E-state index contributed by atoms with van der Waals surface area (Å²) in [5.41, 5.74) is 6.21. The number of carboxylic acid groups (broad SMARTS) is 1. The lowest BCUT2D eigenvalue weighted by Crippen LogP contribution is -2.89. The molecule has 8 nitrogen and oxygen atoms in total. The highest BCUT2D eigenvalue weighted by Gasteiger charge is 2.34. The number of ether oxygens (including phenoxy) is 1. The number of rotatable bonds is 9. The fraction of sp³-hybridized carbons (Fsp3) is 0.429. The van der Waals surface area contributed by atoms with Gasteiger partial charge in [-0.3, -0.25) is 0 Å². The number of nitrogens with one attached hydrogen (secondary N) is 3. The van der Waals surface area contributed by atoms with Crippen LogP contribution >= 0.6 is 11.3 Å². The lowest BCUT2D eigenvalue weighted by Gasteiger charge is -2.38. The first kappa shape index (κ1) is 31.5. The van der Waals surface area contributed by atoms with Crippen molar-refractivity contribution in [3.8, 4) is 11.5 Å². The zero-order chi connectivity index (χ0) is 32.3. The molecule has 0 saturated heterocycles. The summed E-state index contributed by atoms with van der Waals surface area (Å²) in [6, 6.07) is 12.1. The number of hydrogen-bond acceptors (Lipinski definition) is 7. The molecule has 0 spiro atoms. The second-order valence-corrected chi connectivity index (χ2v) is 16.9. The Hall–Kier alpha value is -3.47. The number of thiophene rings is 1. The van der Waals surface area contributed by atoms with E-state index in [0.717, 1.165) is 55.8 Å². The molecule has 4 heterocycles. The Kier molecular flexibility index (Phi) is 7.98. The summed E-state index contributed by atoms with van der Waals surface area (Å²) in [5.74, 6) is 0.713. The van der Waals surface area contributed by atoms with Crippen LogP contribution in [0.2, 0.25) is 0 Å². The Balaban J connectivity index is 1.45. The van der Waals surface area contributed by atoms with Crippen LogP contribution in [0.4, 0.5) is 5.69 Å². The average Bonchev–Trinajstić information content (AvgIpc) is 3.42. The number of anilines is 1. The molecule has 6 rings (SSSR count). The number of aliphatic carboxylic acids is 1. The molecular formula is C35H41N3O5S2. The third-order valence-electron chi connectivity index (χ3n) is 8.75. The van der Waals surface area contributed by atoms with Gasteiger partial charge in [-0.15, -0.1) is 11.3 Å². The Morgan fingerprint density at radius 3 is 2.62 bits per heavy atom. The highest BCUT2D eigenvalue weighted by atomic mass is 32.2. The maximum atomic E-state index is 13.3. The van der Waals surface area contributed by atoms with Crippen molar-refractivity contribution in [2.45, 2.75) is 94.9 Å². The van der Waals surface area contributed by atoms with Gasteiger partial charge in [0.1, 0.15) is 15.7 Å². The first-order chi connectivity index (χ1) is 21.1. The minimum atomic E-state index is -3.74. The van der Waals surface area contributed by atoms with Gasteiger partial charge in [0, 0.05) is 70.5 Å². The number of carbonyl (C=O) groups excluding carboxylic acids is 1. The zero-order valence-corrected chi connectivity index (χ0v) is 28.4. The summed E-state index contributed by atoms with van der Waals surface area (Å²) >= 11 is 1.25. The number of carbonyl (C=O) groups is 1. The number of allylic oxidation sites excluding steroid dienone is 1. The summed E-state index contributed by atoms with van der Waals surface area (Å²) in [6.45, 7) is 13.3. The molecular weight excluding hydrogens is 607 g/mol. The fourth-order valence-corrected chi connectivity index (χ4v) is 9.45. The average molecular weight is 648 g/mol. The van der Waals surface area contributed by atoms with Crippen molar-refractivity contribution in [1.82, 2.24) is 4.72 Å². The Morgan fingerprint density at radius 2 is 1.87 bits per heavy atom. The van der Waals surface area contributed by atoms with Gasteiger partial charge in [0.25, 0.3) is 0 Å². The maximum Gasteiger partial charge on any atom is 0.250 e. The number of unbranched alkanes of at least 4 members (excludes halogenated alkanes) is 2. The van der Waals surface area contributed by atoms with E-state index in [1.165, 1.54) is 22.5 Å². The van der Waals surface area contributed by atoms with Gasteiger partial charge in [-0.2, -0.15) is 0 Å². The smallest absolute Gasteiger partial charge is 0.250 e. The molecule has 10 heteroatoms. The van der Waals surface area contributed by atoms with E-state index in [2.05, 4.69) is 86.9 Å². The summed E-state index contributed by atoms with van der Waals surface area (Å²) in [5, 5.41) is 16.3. The van der Waals surface area contributed by atoms with E-state index >= 15 is 0 Å². The molecule has 2 aromatic carbocycles. The van der Waals surface area contributed by atoms with Gasteiger partial charge in [-0.05, 0) is 93.9 Å². The van der Waals surface area contributed by atoms with Gasteiger partial charge in [0.05, 0.1) is 6.07 Å². The van der Waals surface area contributed by atoms with Gasteiger partial charge < -0.3 is 20.0 Å². The monoisotopic (exact) mass is 647 g/mol. The van der Waals surface area contributed by atoms with E-state index in [1.807, 2.05) is 6.07 Å². The summed E-state index contributed by atoms with van der Waals surface area (Å²) in [4.78, 5) is 15.1. The van der Waals surface area contributed by atoms with Crippen LogP contribution in [0.25, 0.3) is 11.1 Å².